The van der Waals surface area contributed by atoms with E-state index in [0.717, 1.165) is 5.56 Å². The molecule has 102 valence electrons. The summed E-state index contributed by atoms with van der Waals surface area (Å²) in [6.07, 6.45) is 2.32. The molecule has 0 saturated heterocycles. The van der Waals surface area contributed by atoms with E-state index in [9.17, 15) is 8.42 Å². The normalized spacial score (nSPS) is 13.6. The minimum atomic E-state index is -2.95. The van der Waals surface area contributed by atoms with Crippen LogP contribution in [0.15, 0.2) is 18.2 Å². The van der Waals surface area contributed by atoms with Crippen molar-refractivity contribution in [1.29, 1.82) is 0 Å². The Balaban J connectivity index is 2.71. The standard InChI is InChI=1S/C11H16Cl2N2O2S/c1-18(16,17)6-2-3-11(15-14)9-5-4-8(12)7-10(9)13/h4-5,7,11,15H,2-3,6,14H2,1H3. The lowest BCUT2D eigenvalue weighted by Gasteiger charge is -2.17. The highest BCUT2D eigenvalue weighted by atomic mass is 35.5. The molecule has 3 N–H and O–H groups in total. The fraction of sp³-hybridized carbons (Fsp3) is 0.455. The Hall–Kier alpha value is -0.330. The van der Waals surface area contributed by atoms with Crippen LogP contribution in [0.4, 0.5) is 0 Å². The molecule has 0 radical (unpaired) electrons. The zero-order chi connectivity index (χ0) is 13.8. The van der Waals surface area contributed by atoms with E-state index in [0.29, 0.717) is 22.9 Å². The molecular weight excluding hydrogens is 295 g/mol. The van der Waals surface area contributed by atoms with Gasteiger partial charge in [-0.3, -0.25) is 11.3 Å². The molecule has 1 atom stereocenters. The summed E-state index contributed by atoms with van der Waals surface area (Å²) in [6, 6.07) is 4.97. The lowest BCUT2D eigenvalue weighted by molar-refractivity contribution is 0.508. The minimum Gasteiger partial charge on any atom is -0.271 e. The largest absolute Gasteiger partial charge is 0.271 e. The molecule has 1 rings (SSSR count). The molecule has 0 bridgehead atoms. The summed E-state index contributed by atoms with van der Waals surface area (Å²) in [5.74, 6) is 5.61. The van der Waals surface area contributed by atoms with E-state index < -0.39 is 9.84 Å². The third-order valence-electron chi connectivity index (χ3n) is 2.55. The summed E-state index contributed by atoms with van der Waals surface area (Å²) in [6.45, 7) is 0. The Morgan fingerprint density at radius 1 is 1.39 bits per heavy atom. The van der Waals surface area contributed by atoms with Gasteiger partial charge < -0.3 is 0 Å². The topological polar surface area (TPSA) is 72.2 Å². The third-order valence-corrected chi connectivity index (χ3v) is 4.14. The number of halogens is 2. The fourth-order valence-electron chi connectivity index (χ4n) is 1.66. The number of hydrogen-bond donors (Lipinski definition) is 2. The van der Waals surface area contributed by atoms with Gasteiger partial charge in [0, 0.05) is 28.1 Å². The Kier molecular flexibility index (Phi) is 5.88. The van der Waals surface area contributed by atoms with Gasteiger partial charge in [-0.1, -0.05) is 29.3 Å². The maximum absolute atomic E-state index is 11.1. The van der Waals surface area contributed by atoms with Gasteiger partial charge >= 0.3 is 0 Å². The highest BCUT2D eigenvalue weighted by Crippen LogP contribution is 2.28. The summed E-state index contributed by atoms with van der Waals surface area (Å²) >= 11 is 11.9. The highest BCUT2D eigenvalue weighted by molar-refractivity contribution is 7.90. The molecule has 18 heavy (non-hydrogen) atoms. The smallest absolute Gasteiger partial charge is 0.147 e. The van der Waals surface area contributed by atoms with Crippen LogP contribution < -0.4 is 11.3 Å². The number of hydrogen-bond acceptors (Lipinski definition) is 4. The molecule has 7 heteroatoms. The molecular formula is C11H16Cl2N2O2S. The molecule has 0 amide bonds. The van der Waals surface area contributed by atoms with Crippen molar-refractivity contribution in [1.82, 2.24) is 5.43 Å². The SMILES string of the molecule is CS(=O)(=O)CCCC(NN)c1ccc(Cl)cc1Cl. The third kappa shape index (κ3) is 5.12. The van der Waals surface area contributed by atoms with Crippen molar-refractivity contribution in [3.05, 3.63) is 33.8 Å². The van der Waals surface area contributed by atoms with Crippen LogP contribution in [0.5, 0.6) is 0 Å². The average Bonchev–Trinajstić information content (AvgIpc) is 2.24. The first kappa shape index (κ1) is 15.7. The maximum Gasteiger partial charge on any atom is 0.147 e. The molecule has 1 aromatic rings. The number of rotatable bonds is 6. The van der Waals surface area contributed by atoms with Gasteiger partial charge in [-0.25, -0.2) is 8.42 Å². The zero-order valence-corrected chi connectivity index (χ0v) is 12.3. The molecule has 0 aliphatic rings. The number of sulfone groups is 1. The van der Waals surface area contributed by atoms with Crippen LogP contribution >= 0.6 is 23.2 Å². The van der Waals surface area contributed by atoms with Crippen LogP contribution in [0.2, 0.25) is 10.0 Å². The van der Waals surface area contributed by atoms with Gasteiger partial charge in [-0.15, -0.1) is 0 Å². The fourth-order valence-corrected chi connectivity index (χ4v) is 2.89. The van der Waals surface area contributed by atoms with Crippen molar-refractivity contribution < 1.29 is 8.42 Å². The van der Waals surface area contributed by atoms with Crippen molar-refractivity contribution in [2.24, 2.45) is 5.84 Å². The highest BCUT2D eigenvalue weighted by Gasteiger charge is 2.14. The predicted molar refractivity (Wildman–Crippen MR) is 75.5 cm³/mol. The molecule has 0 spiro atoms. The zero-order valence-electron chi connectivity index (χ0n) is 9.99. The van der Waals surface area contributed by atoms with E-state index in [4.69, 9.17) is 29.0 Å². The molecule has 1 aromatic carbocycles. The van der Waals surface area contributed by atoms with E-state index in [1.54, 1.807) is 18.2 Å². The number of nitrogens with two attached hydrogens (primary N) is 1. The number of benzene rings is 1. The monoisotopic (exact) mass is 310 g/mol. The van der Waals surface area contributed by atoms with E-state index in [1.807, 2.05) is 0 Å². The summed E-state index contributed by atoms with van der Waals surface area (Å²) in [5, 5.41) is 1.07. The Labute approximate surface area is 117 Å². The molecule has 0 aliphatic heterocycles. The number of hydrazine groups is 1. The summed E-state index contributed by atoms with van der Waals surface area (Å²) in [5.41, 5.74) is 3.46. The first-order valence-corrected chi connectivity index (χ1v) is 8.24. The van der Waals surface area contributed by atoms with Crippen molar-refractivity contribution in [2.75, 3.05) is 12.0 Å². The van der Waals surface area contributed by atoms with Gasteiger partial charge in [0.05, 0.1) is 0 Å². The Morgan fingerprint density at radius 3 is 2.56 bits per heavy atom. The second kappa shape index (κ2) is 6.73. The molecule has 0 heterocycles. The van der Waals surface area contributed by atoms with Gasteiger partial charge in [0.2, 0.25) is 0 Å². The van der Waals surface area contributed by atoms with Crippen LogP contribution in [0.3, 0.4) is 0 Å². The second-order valence-electron chi connectivity index (χ2n) is 4.16. The van der Waals surface area contributed by atoms with Gasteiger partial charge in [-0.05, 0) is 30.5 Å². The van der Waals surface area contributed by atoms with Gasteiger partial charge in [-0.2, -0.15) is 0 Å². The first-order chi connectivity index (χ1) is 8.33. The Morgan fingerprint density at radius 2 is 2.06 bits per heavy atom. The molecule has 0 aromatic heterocycles. The summed E-state index contributed by atoms with van der Waals surface area (Å²) in [4.78, 5) is 0. The predicted octanol–water partition coefficient (Wildman–Crippen LogP) is 2.32. The van der Waals surface area contributed by atoms with Crippen LogP contribution in [-0.4, -0.2) is 20.4 Å². The lowest BCUT2D eigenvalue weighted by Crippen LogP contribution is -2.28. The first-order valence-electron chi connectivity index (χ1n) is 5.42. The van der Waals surface area contributed by atoms with Crippen LogP contribution in [0.1, 0.15) is 24.4 Å². The van der Waals surface area contributed by atoms with E-state index in [-0.39, 0.29) is 11.8 Å². The van der Waals surface area contributed by atoms with E-state index in [2.05, 4.69) is 5.43 Å². The van der Waals surface area contributed by atoms with E-state index in [1.165, 1.54) is 6.26 Å². The molecule has 0 fully saturated rings. The van der Waals surface area contributed by atoms with Crippen molar-refractivity contribution >= 4 is 33.0 Å². The van der Waals surface area contributed by atoms with Crippen molar-refractivity contribution in [3.8, 4) is 0 Å². The van der Waals surface area contributed by atoms with Gasteiger partial charge in [0.15, 0.2) is 0 Å². The van der Waals surface area contributed by atoms with Gasteiger partial charge in [0.1, 0.15) is 9.84 Å². The summed E-state index contributed by atoms with van der Waals surface area (Å²) < 4.78 is 22.1. The maximum atomic E-state index is 11.1. The van der Waals surface area contributed by atoms with Crippen molar-refractivity contribution in [2.45, 2.75) is 18.9 Å². The van der Waals surface area contributed by atoms with Gasteiger partial charge in [0.25, 0.3) is 0 Å². The van der Waals surface area contributed by atoms with Crippen LogP contribution in [-0.2, 0) is 9.84 Å². The summed E-state index contributed by atoms with van der Waals surface area (Å²) in [7, 11) is -2.95. The minimum absolute atomic E-state index is 0.135. The second-order valence-corrected chi connectivity index (χ2v) is 7.26. The van der Waals surface area contributed by atoms with Crippen LogP contribution in [0, 0.1) is 0 Å². The molecule has 0 aliphatic carbocycles. The van der Waals surface area contributed by atoms with E-state index >= 15 is 0 Å². The molecule has 1 unspecified atom stereocenters. The molecule has 4 nitrogen and oxygen atoms in total. The van der Waals surface area contributed by atoms with Crippen LogP contribution in [0.25, 0.3) is 0 Å². The quantitative estimate of drug-likeness (QED) is 0.625. The molecule has 0 saturated carbocycles. The number of nitrogens with one attached hydrogen (secondary N) is 1. The Bertz CT molecular complexity index is 506. The average molecular weight is 311 g/mol. The van der Waals surface area contributed by atoms with Crippen molar-refractivity contribution in [3.63, 3.8) is 0 Å². The lowest BCUT2D eigenvalue weighted by atomic mass is 10.0.